The topological polar surface area (TPSA) is 179 Å². The molecule has 2 atom stereocenters. The number of carboxylic acid groups (broad SMARTS) is 2. The third kappa shape index (κ3) is 7.86. The number of ether oxygens (including phenoxy) is 5. The van der Waals surface area contributed by atoms with Crippen LogP contribution in [0.2, 0.25) is 0 Å². The van der Waals surface area contributed by atoms with Crippen molar-refractivity contribution in [2.45, 2.75) is 31.3 Å². The van der Waals surface area contributed by atoms with Crippen LogP contribution in [0.4, 0.5) is 0 Å². The van der Waals surface area contributed by atoms with Gasteiger partial charge in [0, 0.05) is 11.6 Å². The van der Waals surface area contributed by atoms with Crippen LogP contribution >= 0.6 is 0 Å². The average molecular weight is 602 g/mol. The molecule has 1 saturated heterocycles. The fourth-order valence-electron chi connectivity index (χ4n) is 4.19. The van der Waals surface area contributed by atoms with Crippen LogP contribution < -0.4 is 9.47 Å². The van der Waals surface area contributed by atoms with Gasteiger partial charge in [0.05, 0.1) is 24.3 Å². The predicted molar refractivity (Wildman–Crippen MR) is 152 cm³/mol. The number of benzene rings is 3. The first-order valence-electron chi connectivity index (χ1n) is 13.4. The molecule has 12 heteroatoms. The van der Waals surface area contributed by atoms with Crippen LogP contribution in [0.3, 0.4) is 0 Å². The molecule has 0 aromatic heterocycles. The number of unbranched alkanes of at least 4 members (excludes halogenated alkanes) is 1. The highest BCUT2D eigenvalue weighted by molar-refractivity contribution is 5.94. The maximum absolute atomic E-state index is 12.8. The van der Waals surface area contributed by atoms with E-state index in [2.05, 4.69) is 6.58 Å². The molecule has 1 heterocycles. The summed E-state index contributed by atoms with van der Waals surface area (Å²) in [6.07, 6.45) is -2.10. The summed E-state index contributed by atoms with van der Waals surface area (Å²) >= 11 is 0. The van der Waals surface area contributed by atoms with E-state index in [1.807, 2.05) is 6.07 Å². The van der Waals surface area contributed by atoms with E-state index in [0.29, 0.717) is 30.8 Å². The molecule has 1 fully saturated rings. The highest BCUT2D eigenvalue weighted by Crippen LogP contribution is 2.33. The number of carboxylic acids is 2. The molecule has 0 aliphatic carbocycles. The molecule has 0 radical (unpaired) electrons. The molecule has 2 unspecified atom stereocenters. The highest BCUT2D eigenvalue weighted by Gasteiger charge is 2.46. The van der Waals surface area contributed by atoms with Gasteiger partial charge in [-0.3, -0.25) is 0 Å². The lowest BCUT2D eigenvalue weighted by molar-refractivity contribution is -0.156. The zero-order valence-corrected chi connectivity index (χ0v) is 23.2. The zero-order chi connectivity index (χ0) is 31.6. The van der Waals surface area contributed by atoms with Crippen LogP contribution in [-0.4, -0.2) is 59.5 Å². The fraction of sp³-hybridized carbons (Fsp3) is 0.219. The van der Waals surface area contributed by atoms with Crippen molar-refractivity contribution in [3.63, 3.8) is 0 Å². The molecule has 0 saturated carbocycles. The molecule has 0 amide bonds. The summed E-state index contributed by atoms with van der Waals surface area (Å²) < 4.78 is 26.6. The number of rotatable bonds is 13. The number of esters is 2. The number of aliphatic carboxylic acids is 2. The van der Waals surface area contributed by atoms with Gasteiger partial charge in [0.25, 0.3) is 0 Å². The van der Waals surface area contributed by atoms with E-state index in [1.165, 1.54) is 12.1 Å². The van der Waals surface area contributed by atoms with Crippen molar-refractivity contribution in [1.82, 2.24) is 0 Å². The Bertz CT molecular complexity index is 1550. The van der Waals surface area contributed by atoms with E-state index in [1.54, 1.807) is 54.6 Å². The summed E-state index contributed by atoms with van der Waals surface area (Å²) in [6, 6.07) is 19.8. The molecule has 2 N–H and O–H groups in total. The van der Waals surface area contributed by atoms with E-state index in [-0.39, 0.29) is 23.5 Å². The van der Waals surface area contributed by atoms with Crippen LogP contribution in [0.15, 0.2) is 79.4 Å². The lowest BCUT2D eigenvalue weighted by Gasteiger charge is -2.11. The Morgan fingerprint density at radius 3 is 1.98 bits per heavy atom. The molecule has 0 bridgehead atoms. The predicted octanol–water partition coefficient (Wildman–Crippen LogP) is 4.28. The van der Waals surface area contributed by atoms with Crippen LogP contribution in [0.1, 0.15) is 40.6 Å². The Morgan fingerprint density at radius 1 is 0.841 bits per heavy atom. The summed E-state index contributed by atoms with van der Waals surface area (Å²) in [5.41, 5.74) is 2.15. The van der Waals surface area contributed by atoms with Crippen molar-refractivity contribution < 1.29 is 53.1 Å². The minimum Gasteiger partial charge on any atom is -0.494 e. The minimum atomic E-state index is -1.62. The Kier molecular flexibility index (Phi) is 10.4. The highest BCUT2D eigenvalue weighted by atomic mass is 16.7. The first-order valence-corrected chi connectivity index (χ1v) is 13.4. The lowest BCUT2D eigenvalue weighted by Crippen LogP contribution is -2.36. The summed E-state index contributed by atoms with van der Waals surface area (Å²) in [5, 5.41) is 28.0. The first-order chi connectivity index (χ1) is 21.2. The van der Waals surface area contributed by atoms with E-state index < -0.39 is 42.4 Å². The minimum absolute atomic E-state index is 0.0717. The van der Waals surface area contributed by atoms with E-state index in [0.717, 1.165) is 17.2 Å². The van der Waals surface area contributed by atoms with Gasteiger partial charge in [0.15, 0.2) is 18.5 Å². The normalized spacial score (nSPS) is 17.2. The maximum Gasteiger partial charge on any atom is 0.344 e. The van der Waals surface area contributed by atoms with Crippen molar-refractivity contribution in [2.75, 3.05) is 13.2 Å². The monoisotopic (exact) mass is 601 g/mol. The number of hydrogen-bond acceptors (Lipinski definition) is 10. The molecular formula is C32H27NO11. The third-order valence-corrected chi connectivity index (χ3v) is 6.43. The summed E-state index contributed by atoms with van der Waals surface area (Å²) in [7, 11) is 0. The van der Waals surface area contributed by atoms with Crippen molar-refractivity contribution in [2.24, 2.45) is 0 Å². The molecule has 1 aliphatic rings. The smallest absolute Gasteiger partial charge is 0.344 e. The number of carbonyl (C=O) groups excluding carboxylic acids is 2. The van der Waals surface area contributed by atoms with Crippen LogP contribution in [0.25, 0.3) is 11.1 Å². The third-order valence-electron chi connectivity index (χ3n) is 6.43. The Hall–Kier alpha value is -5.51. The first kappa shape index (κ1) is 31.4. The lowest BCUT2D eigenvalue weighted by atomic mass is 10.0. The number of nitriles is 1. The largest absolute Gasteiger partial charge is 0.494 e. The summed E-state index contributed by atoms with van der Waals surface area (Å²) in [5.74, 6) is -3.40. The summed E-state index contributed by atoms with van der Waals surface area (Å²) in [4.78, 5) is 46.4. The standard InChI is InChI=1S/C32H27NO11/c1-2-26(34)41-16-4-3-15-40-24-13-14-25(22(17-24)18-33)31(39)42-23-11-9-20(10-12-23)19-5-7-21(8-6-19)32-43-27(29(35)36)28(44-32)30(37)38/h2,5-14,17,27-28,32H,1,3-4,15-16H2,(H,35,36)(H,37,38). The maximum atomic E-state index is 12.8. The Balaban J connectivity index is 1.32. The SMILES string of the molecule is C=CC(=O)OCCCCOc1ccc(C(=O)Oc2ccc(-c3ccc(C4OC(C(=O)O)C(C(=O)O)O4)cc3)cc2)c(C#N)c1. The van der Waals surface area contributed by atoms with Gasteiger partial charge in [-0.15, -0.1) is 0 Å². The van der Waals surface area contributed by atoms with Crippen LogP contribution in [0.5, 0.6) is 11.5 Å². The van der Waals surface area contributed by atoms with Gasteiger partial charge >= 0.3 is 23.9 Å². The Labute approximate surface area is 251 Å². The van der Waals surface area contributed by atoms with Gasteiger partial charge in [0.2, 0.25) is 0 Å². The molecule has 1 aliphatic heterocycles. The van der Waals surface area contributed by atoms with Crippen LogP contribution in [-0.2, 0) is 28.6 Å². The molecular weight excluding hydrogens is 574 g/mol. The van der Waals surface area contributed by atoms with Gasteiger partial charge in [-0.25, -0.2) is 19.2 Å². The quantitative estimate of drug-likeness (QED) is 0.123. The molecule has 3 aromatic carbocycles. The zero-order valence-electron chi connectivity index (χ0n) is 23.2. The van der Waals surface area contributed by atoms with E-state index >= 15 is 0 Å². The van der Waals surface area contributed by atoms with E-state index in [4.69, 9.17) is 23.7 Å². The van der Waals surface area contributed by atoms with Crippen molar-refractivity contribution in [3.05, 3.63) is 96.1 Å². The van der Waals surface area contributed by atoms with Gasteiger partial charge in [0.1, 0.15) is 17.6 Å². The number of carbonyl (C=O) groups is 4. The number of hydrogen-bond donors (Lipinski definition) is 2. The molecule has 44 heavy (non-hydrogen) atoms. The summed E-state index contributed by atoms with van der Waals surface area (Å²) in [6.45, 7) is 3.89. The van der Waals surface area contributed by atoms with Gasteiger partial charge in [-0.05, 0) is 54.3 Å². The van der Waals surface area contributed by atoms with Gasteiger partial charge < -0.3 is 33.9 Å². The second kappa shape index (κ2) is 14.6. The molecule has 3 aromatic rings. The van der Waals surface area contributed by atoms with Crippen molar-refractivity contribution in [3.8, 4) is 28.7 Å². The number of nitrogens with zero attached hydrogens (tertiary/aromatic N) is 1. The molecule has 226 valence electrons. The Morgan fingerprint density at radius 2 is 1.41 bits per heavy atom. The van der Waals surface area contributed by atoms with Crippen LogP contribution in [0, 0.1) is 11.3 Å². The van der Waals surface area contributed by atoms with E-state index in [9.17, 15) is 34.7 Å². The van der Waals surface area contributed by atoms with Gasteiger partial charge in [-0.2, -0.15) is 5.26 Å². The molecule has 12 nitrogen and oxygen atoms in total. The second-order valence-corrected chi connectivity index (χ2v) is 9.40. The second-order valence-electron chi connectivity index (χ2n) is 9.40. The van der Waals surface area contributed by atoms with Crippen molar-refractivity contribution in [1.29, 1.82) is 5.26 Å². The van der Waals surface area contributed by atoms with Crippen molar-refractivity contribution >= 4 is 23.9 Å². The fourth-order valence-corrected chi connectivity index (χ4v) is 4.19. The average Bonchev–Trinajstić information content (AvgIpc) is 3.49. The molecule has 4 rings (SSSR count). The molecule has 0 spiro atoms. The van der Waals surface area contributed by atoms with Gasteiger partial charge in [-0.1, -0.05) is 43.0 Å².